The number of aryl methyl sites for hydroxylation is 1. The summed E-state index contributed by atoms with van der Waals surface area (Å²) in [6.07, 6.45) is 0. The van der Waals surface area contributed by atoms with Crippen LogP contribution in [0.5, 0.6) is 0 Å². The molecule has 2 aliphatic rings. The molecule has 0 N–H and O–H groups in total. The van der Waals surface area contributed by atoms with Crippen molar-refractivity contribution >= 4 is 28.3 Å². The number of rotatable bonds is 1. The summed E-state index contributed by atoms with van der Waals surface area (Å²) in [4.78, 5) is 30.9. The van der Waals surface area contributed by atoms with E-state index in [-0.39, 0.29) is 18.5 Å². The van der Waals surface area contributed by atoms with Gasteiger partial charge in [0.15, 0.2) is 0 Å². The van der Waals surface area contributed by atoms with Gasteiger partial charge in [0, 0.05) is 25.5 Å². The van der Waals surface area contributed by atoms with E-state index in [0.717, 1.165) is 9.88 Å². The van der Waals surface area contributed by atoms with Crippen LogP contribution in [-0.4, -0.2) is 80.9 Å². The molecule has 3 heterocycles. The van der Waals surface area contributed by atoms with Crippen LogP contribution in [0, 0.1) is 6.92 Å². The number of carbonyl (C=O) groups is 2. The normalized spacial score (nSPS) is 25.0. The van der Waals surface area contributed by atoms with E-state index in [1.54, 1.807) is 40.1 Å². The molecule has 2 saturated heterocycles. The van der Waals surface area contributed by atoms with Crippen molar-refractivity contribution in [3.8, 4) is 0 Å². The third-order valence-electron chi connectivity index (χ3n) is 4.24. The Morgan fingerprint density at radius 3 is 2.79 bits per heavy atom. The van der Waals surface area contributed by atoms with Gasteiger partial charge in [0.25, 0.3) is 5.91 Å². The Morgan fingerprint density at radius 2 is 2.12 bits per heavy atom. The standard InChI is InChI=1S/C16H23N3O4S/c1-12-4-5-14(24-12)19-10-16(23-8-13(19)20)9-18(6-7-22-11-16)15(21)17(2)3/h4-5H,6-11H2,1-3H3. The lowest BCUT2D eigenvalue weighted by Gasteiger charge is -2.42. The minimum absolute atomic E-state index is 0.00427. The maximum Gasteiger partial charge on any atom is 0.319 e. The van der Waals surface area contributed by atoms with E-state index in [1.165, 1.54) is 0 Å². The van der Waals surface area contributed by atoms with Gasteiger partial charge in [-0.05, 0) is 19.1 Å². The highest BCUT2D eigenvalue weighted by Gasteiger charge is 2.44. The molecule has 132 valence electrons. The second-order valence-corrected chi connectivity index (χ2v) is 7.75. The molecule has 8 heteroatoms. The van der Waals surface area contributed by atoms with Crippen LogP contribution in [0.3, 0.4) is 0 Å². The van der Waals surface area contributed by atoms with Crippen LogP contribution < -0.4 is 4.90 Å². The smallest absolute Gasteiger partial charge is 0.319 e. The van der Waals surface area contributed by atoms with Crippen LogP contribution >= 0.6 is 11.3 Å². The largest absolute Gasteiger partial charge is 0.376 e. The van der Waals surface area contributed by atoms with Crippen molar-refractivity contribution in [2.24, 2.45) is 0 Å². The molecule has 0 aliphatic carbocycles. The molecular formula is C16H23N3O4S. The number of urea groups is 1. The van der Waals surface area contributed by atoms with Gasteiger partial charge in [0.2, 0.25) is 0 Å². The fourth-order valence-corrected chi connectivity index (χ4v) is 3.90. The van der Waals surface area contributed by atoms with Gasteiger partial charge < -0.3 is 19.3 Å². The van der Waals surface area contributed by atoms with Crippen LogP contribution in [-0.2, 0) is 14.3 Å². The SMILES string of the molecule is Cc1ccc(N2CC3(COCCN(C(=O)N(C)C)C3)OCC2=O)s1. The summed E-state index contributed by atoms with van der Waals surface area (Å²) < 4.78 is 11.6. The first-order valence-corrected chi connectivity index (χ1v) is 8.77. The highest BCUT2D eigenvalue weighted by Crippen LogP contribution is 2.31. The van der Waals surface area contributed by atoms with Crippen molar-refractivity contribution in [2.75, 3.05) is 58.5 Å². The fourth-order valence-electron chi connectivity index (χ4n) is 3.02. The van der Waals surface area contributed by atoms with E-state index < -0.39 is 5.60 Å². The molecule has 3 rings (SSSR count). The Bertz CT molecular complexity index is 633. The van der Waals surface area contributed by atoms with Crippen LogP contribution in [0.2, 0.25) is 0 Å². The van der Waals surface area contributed by atoms with E-state index in [9.17, 15) is 9.59 Å². The predicted molar refractivity (Wildman–Crippen MR) is 91.6 cm³/mol. The van der Waals surface area contributed by atoms with Gasteiger partial charge in [-0.2, -0.15) is 0 Å². The average molecular weight is 353 g/mol. The number of carbonyl (C=O) groups excluding carboxylic acids is 2. The Morgan fingerprint density at radius 1 is 1.33 bits per heavy atom. The van der Waals surface area contributed by atoms with Crippen molar-refractivity contribution < 1.29 is 19.1 Å². The first kappa shape index (κ1) is 17.2. The second kappa shape index (κ2) is 6.70. The molecule has 1 unspecified atom stereocenters. The fraction of sp³-hybridized carbons (Fsp3) is 0.625. The lowest BCUT2D eigenvalue weighted by atomic mass is 10.0. The number of hydrogen-bond acceptors (Lipinski definition) is 5. The monoisotopic (exact) mass is 353 g/mol. The number of ether oxygens (including phenoxy) is 2. The van der Waals surface area contributed by atoms with E-state index in [2.05, 4.69) is 0 Å². The summed E-state index contributed by atoms with van der Waals surface area (Å²) in [7, 11) is 3.46. The summed E-state index contributed by atoms with van der Waals surface area (Å²) in [6.45, 7) is 4.19. The molecule has 2 fully saturated rings. The average Bonchev–Trinajstić information content (AvgIpc) is 2.87. The van der Waals surface area contributed by atoms with Crippen LogP contribution in [0.4, 0.5) is 9.80 Å². The quantitative estimate of drug-likeness (QED) is 0.760. The van der Waals surface area contributed by atoms with Crippen molar-refractivity contribution in [1.82, 2.24) is 9.80 Å². The van der Waals surface area contributed by atoms with Crippen molar-refractivity contribution in [2.45, 2.75) is 12.5 Å². The van der Waals surface area contributed by atoms with Gasteiger partial charge in [-0.3, -0.25) is 9.69 Å². The predicted octanol–water partition coefficient (Wildman–Crippen LogP) is 1.17. The molecule has 3 amide bonds. The maximum absolute atomic E-state index is 12.4. The maximum atomic E-state index is 12.4. The number of hydrogen-bond donors (Lipinski definition) is 0. The molecule has 0 aromatic carbocycles. The van der Waals surface area contributed by atoms with Crippen molar-refractivity contribution in [3.05, 3.63) is 17.0 Å². The third-order valence-corrected chi connectivity index (χ3v) is 5.27. The summed E-state index contributed by atoms with van der Waals surface area (Å²) in [5, 5.41) is 0.912. The Hall–Kier alpha value is -1.64. The zero-order chi connectivity index (χ0) is 17.3. The van der Waals surface area contributed by atoms with E-state index >= 15 is 0 Å². The summed E-state index contributed by atoms with van der Waals surface area (Å²) in [5.41, 5.74) is -0.687. The molecule has 1 aromatic rings. The molecule has 2 aliphatic heterocycles. The molecule has 1 atom stereocenters. The third kappa shape index (κ3) is 3.40. The zero-order valence-electron chi connectivity index (χ0n) is 14.3. The number of amides is 3. The van der Waals surface area contributed by atoms with Gasteiger partial charge in [0.1, 0.15) is 12.2 Å². The summed E-state index contributed by atoms with van der Waals surface area (Å²) >= 11 is 1.58. The van der Waals surface area contributed by atoms with Gasteiger partial charge in [-0.1, -0.05) is 0 Å². The Labute approximate surface area is 145 Å². The van der Waals surface area contributed by atoms with Crippen LogP contribution in [0.25, 0.3) is 0 Å². The minimum atomic E-state index is -0.687. The van der Waals surface area contributed by atoms with Crippen LogP contribution in [0.15, 0.2) is 12.1 Å². The number of morpholine rings is 1. The zero-order valence-corrected chi connectivity index (χ0v) is 15.1. The lowest BCUT2D eigenvalue weighted by molar-refractivity contribution is -0.145. The molecule has 1 spiro atoms. The van der Waals surface area contributed by atoms with Crippen molar-refractivity contribution in [3.63, 3.8) is 0 Å². The molecule has 24 heavy (non-hydrogen) atoms. The van der Waals surface area contributed by atoms with Gasteiger partial charge in [-0.15, -0.1) is 11.3 Å². The van der Waals surface area contributed by atoms with Gasteiger partial charge >= 0.3 is 6.03 Å². The molecule has 0 saturated carbocycles. The van der Waals surface area contributed by atoms with Gasteiger partial charge in [0.05, 0.1) is 31.3 Å². The summed E-state index contributed by atoms with van der Waals surface area (Å²) in [5.74, 6) is -0.0581. The molecule has 1 aromatic heterocycles. The lowest BCUT2D eigenvalue weighted by Crippen LogP contribution is -2.61. The minimum Gasteiger partial charge on any atom is -0.376 e. The van der Waals surface area contributed by atoms with E-state index in [4.69, 9.17) is 9.47 Å². The highest BCUT2D eigenvalue weighted by atomic mass is 32.1. The first-order chi connectivity index (χ1) is 11.4. The van der Waals surface area contributed by atoms with Crippen LogP contribution in [0.1, 0.15) is 4.88 Å². The summed E-state index contributed by atoms with van der Waals surface area (Å²) in [6, 6.07) is 3.89. The first-order valence-electron chi connectivity index (χ1n) is 7.95. The molecule has 0 radical (unpaired) electrons. The number of anilines is 1. The van der Waals surface area contributed by atoms with E-state index in [0.29, 0.717) is 32.8 Å². The van der Waals surface area contributed by atoms with E-state index in [1.807, 2.05) is 19.1 Å². The Balaban J connectivity index is 1.82. The van der Waals surface area contributed by atoms with Crippen molar-refractivity contribution in [1.29, 1.82) is 0 Å². The molecular weight excluding hydrogens is 330 g/mol. The topological polar surface area (TPSA) is 62.3 Å². The Kier molecular flexibility index (Phi) is 4.80. The highest BCUT2D eigenvalue weighted by molar-refractivity contribution is 7.16. The number of thiophene rings is 1. The number of nitrogens with zero attached hydrogens (tertiary/aromatic N) is 3. The molecule has 0 bridgehead atoms. The van der Waals surface area contributed by atoms with Gasteiger partial charge in [-0.25, -0.2) is 4.79 Å². The molecule has 7 nitrogen and oxygen atoms in total. The second-order valence-electron chi connectivity index (χ2n) is 6.49.